The van der Waals surface area contributed by atoms with Crippen LogP contribution in [0.4, 0.5) is 5.82 Å². The number of hydrogen-bond donors (Lipinski definition) is 1. The first kappa shape index (κ1) is 20.4. The number of aryl methyl sites for hydroxylation is 1. The second-order valence-electron chi connectivity index (χ2n) is 7.86. The van der Waals surface area contributed by atoms with Crippen molar-refractivity contribution in [2.45, 2.75) is 38.1 Å². The molecule has 154 valence electrons. The number of carbonyl (C=O) groups excluding carboxylic acids is 1. The first-order chi connectivity index (χ1) is 13.9. The van der Waals surface area contributed by atoms with Crippen molar-refractivity contribution in [3.63, 3.8) is 0 Å². The van der Waals surface area contributed by atoms with Crippen molar-refractivity contribution in [3.05, 3.63) is 51.4 Å². The minimum absolute atomic E-state index is 0.0445. The Hall–Kier alpha value is -1.89. The molecule has 0 unspecified atom stereocenters. The molecule has 1 aromatic heterocycles. The molecule has 2 N–H and O–H groups in total. The van der Waals surface area contributed by atoms with Crippen molar-refractivity contribution in [2.24, 2.45) is 5.73 Å². The summed E-state index contributed by atoms with van der Waals surface area (Å²) >= 11 is 12.2. The second kappa shape index (κ2) is 8.46. The van der Waals surface area contributed by atoms with E-state index in [4.69, 9.17) is 28.9 Å². The smallest absolute Gasteiger partial charge is 0.239 e. The number of carbonyl (C=O) groups is 1. The summed E-state index contributed by atoms with van der Waals surface area (Å²) in [6.45, 7) is 4.99. The highest BCUT2D eigenvalue weighted by Gasteiger charge is 2.30. The summed E-state index contributed by atoms with van der Waals surface area (Å²) in [7, 11) is 0. The van der Waals surface area contributed by atoms with Crippen LogP contribution in [0.15, 0.2) is 24.5 Å². The molecular formula is C21H25Cl2N5O. The number of anilines is 1. The molecule has 6 nitrogen and oxygen atoms in total. The molecule has 29 heavy (non-hydrogen) atoms. The molecule has 1 aromatic carbocycles. The van der Waals surface area contributed by atoms with Crippen molar-refractivity contribution < 1.29 is 4.79 Å². The zero-order chi connectivity index (χ0) is 20.5. The largest absolute Gasteiger partial charge is 0.353 e. The van der Waals surface area contributed by atoms with Crippen LogP contribution in [0.5, 0.6) is 0 Å². The van der Waals surface area contributed by atoms with E-state index >= 15 is 0 Å². The molecule has 2 aromatic rings. The van der Waals surface area contributed by atoms with E-state index in [2.05, 4.69) is 21.8 Å². The van der Waals surface area contributed by atoms with Gasteiger partial charge < -0.3 is 15.5 Å². The van der Waals surface area contributed by atoms with Crippen LogP contribution in [0.3, 0.4) is 0 Å². The summed E-state index contributed by atoms with van der Waals surface area (Å²) in [6, 6.07) is 4.64. The molecule has 2 heterocycles. The van der Waals surface area contributed by atoms with Crippen molar-refractivity contribution >= 4 is 34.9 Å². The Morgan fingerprint density at radius 1 is 1.24 bits per heavy atom. The highest BCUT2D eigenvalue weighted by molar-refractivity contribution is 6.35. The van der Waals surface area contributed by atoms with Crippen LogP contribution in [0, 0.1) is 0 Å². The molecule has 1 aliphatic carbocycles. The fourth-order valence-corrected chi connectivity index (χ4v) is 4.75. The molecule has 2 atom stereocenters. The summed E-state index contributed by atoms with van der Waals surface area (Å²) in [5.74, 6) is 1.47. The van der Waals surface area contributed by atoms with Gasteiger partial charge in [-0.3, -0.25) is 4.79 Å². The lowest BCUT2D eigenvalue weighted by Gasteiger charge is -2.37. The Kier molecular flexibility index (Phi) is 5.95. The predicted molar refractivity (Wildman–Crippen MR) is 116 cm³/mol. The van der Waals surface area contributed by atoms with E-state index in [0.717, 1.165) is 37.3 Å². The number of nitrogens with zero attached hydrogens (tertiary/aromatic N) is 4. The number of aromatic nitrogens is 2. The molecule has 0 bridgehead atoms. The SMILES string of the molecule is C[C@@H]1CCc2ncnc(N3CCN(C(=O)[C@H](N)Cc4ccc(Cl)cc4Cl)CC3)c21. The fraction of sp³-hybridized carbons (Fsp3) is 0.476. The first-order valence-corrected chi connectivity index (χ1v) is 10.8. The van der Waals surface area contributed by atoms with E-state index in [-0.39, 0.29) is 5.91 Å². The Morgan fingerprint density at radius 2 is 2.00 bits per heavy atom. The Labute approximate surface area is 181 Å². The standard InChI is InChI=1S/C21H25Cl2N5O/c1-13-2-5-18-19(13)20(26-12-25-18)27-6-8-28(9-7-27)21(29)17(24)10-14-3-4-15(22)11-16(14)23/h3-4,11-13,17H,2,5-10,24H2,1H3/t13-,17-/m1/s1. The molecule has 1 amide bonds. The third kappa shape index (κ3) is 4.20. The van der Waals surface area contributed by atoms with E-state index in [0.29, 0.717) is 35.5 Å². The van der Waals surface area contributed by atoms with E-state index in [1.54, 1.807) is 18.5 Å². The second-order valence-corrected chi connectivity index (χ2v) is 8.70. The van der Waals surface area contributed by atoms with Crippen LogP contribution in [0.2, 0.25) is 10.0 Å². The van der Waals surface area contributed by atoms with E-state index in [9.17, 15) is 4.79 Å². The summed E-state index contributed by atoms with van der Waals surface area (Å²) in [6.07, 6.45) is 4.20. The summed E-state index contributed by atoms with van der Waals surface area (Å²) in [5, 5.41) is 1.11. The number of nitrogens with two attached hydrogens (primary N) is 1. The van der Waals surface area contributed by atoms with Crippen molar-refractivity contribution in [2.75, 3.05) is 31.1 Å². The van der Waals surface area contributed by atoms with Gasteiger partial charge in [0.1, 0.15) is 12.1 Å². The molecule has 0 radical (unpaired) electrons. The van der Waals surface area contributed by atoms with Gasteiger partial charge in [-0.05, 0) is 42.9 Å². The topological polar surface area (TPSA) is 75.4 Å². The maximum Gasteiger partial charge on any atom is 0.239 e. The van der Waals surface area contributed by atoms with Crippen molar-refractivity contribution in [3.8, 4) is 0 Å². The lowest BCUT2D eigenvalue weighted by Crippen LogP contribution is -2.54. The van der Waals surface area contributed by atoms with Crippen LogP contribution in [-0.4, -0.2) is 53.0 Å². The average molecular weight is 434 g/mol. The number of halogens is 2. The Bertz CT molecular complexity index is 914. The van der Waals surface area contributed by atoms with Gasteiger partial charge in [0.15, 0.2) is 0 Å². The van der Waals surface area contributed by atoms with Gasteiger partial charge in [-0.15, -0.1) is 0 Å². The monoisotopic (exact) mass is 433 g/mol. The van der Waals surface area contributed by atoms with Crippen LogP contribution < -0.4 is 10.6 Å². The molecule has 1 fully saturated rings. The number of hydrogen-bond acceptors (Lipinski definition) is 5. The molecule has 8 heteroatoms. The minimum atomic E-state index is -0.622. The molecule has 0 spiro atoms. The molecular weight excluding hydrogens is 409 g/mol. The minimum Gasteiger partial charge on any atom is -0.353 e. The Balaban J connectivity index is 1.38. The summed E-state index contributed by atoms with van der Waals surface area (Å²) in [5.41, 5.74) is 9.49. The first-order valence-electron chi connectivity index (χ1n) is 10.0. The fourth-order valence-electron chi connectivity index (χ4n) is 4.26. The number of rotatable bonds is 4. The highest BCUT2D eigenvalue weighted by atomic mass is 35.5. The quantitative estimate of drug-likeness (QED) is 0.801. The molecule has 1 saturated heterocycles. The van der Waals surface area contributed by atoms with Gasteiger partial charge in [-0.1, -0.05) is 36.2 Å². The third-order valence-electron chi connectivity index (χ3n) is 5.92. The van der Waals surface area contributed by atoms with Gasteiger partial charge in [0.05, 0.1) is 6.04 Å². The normalized spacial score (nSPS) is 19.9. The van der Waals surface area contributed by atoms with Gasteiger partial charge in [-0.25, -0.2) is 9.97 Å². The summed E-state index contributed by atoms with van der Waals surface area (Å²) in [4.78, 5) is 26.0. The van der Waals surface area contributed by atoms with Crippen LogP contribution >= 0.6 is 23.2 Å². The van der Waals surface area contributed by atoms with Gasteiger partial charge >= 0.3 is 0 Å². The van der Waals surface area contributed by atoms with Crippen LogP contribution in [0.1, 0.15) is 36.1 Å². The number of amides is 1. The predicted octanol–water partition coefficient (Wildman–Crippen LogP) is 3.05. The number of piperazine rings is 1. The van der Waals surface area contributed by atoms with Crippen LogP contribution in [-0.2, 0) is 17.6 Å². The molecule has 1 aliphatic heterocycles. The molecule has 4 rings (SSSR count). The van der Waals surface area contributed by atoms with Crippen molar-refractivity contribution in [1.82, 2.24) is 14.9 Å². The summed E-state index contributed by atoms with van der Waals surface area (Å²) < 4.78 is 0. The van der Waals surface area contributed by atoms with Crippen molar-refractivity contribution in [1.29, 1.82) is 0 Å². The van der Waals surface area contributed by atoms with Gasteiger partial charge in [0.25, 0.3) is 0 Å². The van der Waals surface area contributed by atoms with E-state index < -0.39 is 6.04 Å². The molecule has 0 saturated carbocycles. The number of fused-ring (bicyclic) bond motifs is 1. The zero-order valence-electron chi connectivity index (χ0n) is 16.4. The van der Waals surface area contributed by atoms with Gasteiger partial charge in [0.2, 0.25) is 5.91 Å². The van der Waals surface area contributed by atoms with Gasteiger partial charge in [-0.2, -0.15) is 0 Å². The van der Waals surface area contributed by atoms with E-state index in [1.807, 2.05) is 11.0 Å². The lowest BCUT2D eigenvalue weighted by molar-refractivity contribution is -0.132. The maximum atomic E-state index is 12.9. The van der Waals surface area contributed by atoms with Crippen LogP contribution in [0.25, 0.3) is 0 Å². The maximum absolute atomic E-state index is 12.9. The highest BCUT2D eigenvalue weighted by Crippen LogP contribution is 2.37. The zero-order valence-corrected chi connectivity index (χ0v) is 18.0. The lowest BCUT2D eigenvalue weighted by atomic mass is 10.0. The Morgan fingerprint density at radius 3 is 2.72 bits per heavy atom. The third-order valence-corrected chi connectivity index (χ3v) is 6.50. The molecule has 2 aliphatic rings. The van der Waals surface area contributed by atoms with E-state index in [1.165, 1.54) is 11.3 Å². The average Bonchev–Trinajstić information content (AvgIpc) is 3.11. The number of benzene rings is 1. The van der Waals surface area contributed by atoms with Gasteiger partial charge in [0, 0.05) is 47.5 Å².